The minimum atomic E-state index is -0.695. The van der Waals surface area contributed by atoms with Crippen LogP contribution in [0.5, 0.6) is 0 Å². The van der Waals surface area contributed by atoms with Gasteiger partial charge in [0.05, 0.1) is 12.2 Å². The van der Waals surface area contributed by atoms with E-state index in [4.69, 9.17) is 9.15 Å². The predicted octanol–water partition coefficient (Wildman–Crippen LogP) is 3.43. The van der Waals surface area contributed by atoms with Crippen molar-refractivity contribution < 1.29 is 28.9 Å². The highest BCUT2D eigenvalue weighted by molar-refractivity contribution is 6.10. The molecule has 0 saturated heterocycles. The number of nitrogens with one attached hydrogen (secondary N) is 1. The number of amides is 1. The minimum Gasteiger partial charge on any atom is -0.462 e. The molecule has 1 aromatic heterocycles. The Balaban J connectivity index is 2.16. The molecule has 0 spiro atoms. The second-order valence-corrected chi connectivity index (χ2v) is 7.87. The highest BCUT2D eigenvalue weighted by Gasteiger charge is 2.29. The van der Waals surface area contributed by atoms with Gasteiger partial charge in [-0.25, -0.2) is 4.79 Å². The first-order valence-corrected chi connectivity index (χ1v) is 10.7. The van der Waals surface area contributed by atoms with Crippen molar-refractivity contribution in [3.63, 3.8) is 0 Å². The molecule has 0 aliphatic heterocycles. The molecule has 0 fully saturated rings. The summed E-state index contributed by atoms with van der Waals surface area (Å²) < 4.78 is 10.6. The molecule has 0 bridgehead atoms. The Hall–Kier alpha value is -2.93. The van der Waals surface area contributed by atoms with E-state index in [1.165, 1.54) is 12.5 Å². The fourth-order valence-electron chi connectivity index (χ4n) is 3.64. The molecule has 7 nitrogen and oxygen atoms in total. The van der Waals surface area contributed by atoms with Gasteiger partial charge >= 0.3 is 5.97 Å². The van der Waals surface area contributed by atoms with Crippen LogP contribution in [0.25, 0.3) is 0 Å². The highest BCUT2D eigenvalue weighted by Crippen LogP contribution is 2.28. The molecule has 1 aromatic carbocycles. The number of carbonyl (C=O) groups is 3. The second-order valence-electron chi connectivity index (χ2n) is 7.87. The van der Waals surface area contributed by atoms with Gasteiger partial charge in [0, 0.05) is 11.5 Å². The molecule has 3 N–H and O–H groups in total. The molecular formula is C24H33N2O5+. The van der Waals surface area contributed by atoms with Crippen molar-refractivity contribution in [2.75, 3.05) is 18.5 Å². The van der Waals surface area contributed by atoms with Gasteiger partial charge < -0.3 is 14.5 Å². The van der Waals surface area contributed by atoms with Gasteiger partial charge in [0.15, 0.2) is 12.3 Å². The summed E-state index contributed by atoms with van der Waals surface area (Å²) in [5.41, 5.74) is 2.52. The Morgan fingerprint density at radius 1 is 1.10 bits per heavy atom. The van der Waals surface area contributed by atoms with Crippen LogP contribution in [0.3, 0.4) is 0 Å². The van der Waals surface area contributed by atoms with Gasteiger partial charge in [-0.15, -0.1) is 0 Å². The summed E-state index contributed by atoms with van der Waals surface area (Å²) in [6.07, 6.45) is 0.979. The molecule has 0 aliphatic rings. The quantitative estimate of drug-likeness (QED) is 0.445. The molecule has 0 radical (unpaired) electrons. The number of anilines is 1. The molecule has 1 amide bonds. The zero-order chi connectivity index (χ0) is 23.1. The Morgan fingerprint density at radius 3 is 2.26 bits per heavy atom. The second kappa shape index (κ2) is 10.9. The smallest absolute Gasteiger partial charge is 0.344 e. The van der Waals surface area contributed by atoms with Gasteiger partial charge in [-0.2, -0.15) is 0 Å². The number of furan rings is 1. The van der Waals surface area contributed by atoms with E-state index < -0.39 is 5.97 Å². The number of ether oxygens (including phenoxy) is 1. The number of hydrogen-bond acceptors (Lipinski definition) is 5. The Labute approximate surface area is 183 Å². The van der Waals surface area contributed by atoms with Crippen molar-refractivity contribution in [3.8, 4) is 0 Å². The first-order valence-electron chi connectivity index (χ1n) is 10.7. The third kappa shape index (κ3) is 6.04. The van der Waals surface area contributed by atoms with E-state index in [0.717, 1.165) is 12.0 Å². The van der Waals surface area contributed by atoms with E-state index in [1.807, 2.05) is 5.32 Å². The molecule has 0 unspecified atom stereocenters. The monoisotopic (exact) mass is 429 g/mol. The summed E-state index contributed by atoms with van der Waals surface area (Å²) in [6.45, 7) is 11.2. The van der Waals surface area contributed by atoms with Crippen molar-refractivity contribution in [2.24, 2.45) is 5.92 Å². The zero-order valence-corrected chi connectivity index (χ0v) is 19.2. The fourth-order valence-corrected chi connectivity index (χ4v) is 3.64. The Kier molecular flexibility index (Phi) is 8.56. The maximum Gasteiger partial charge on any atom is 0.344 e. The number of rotatable bonds is 10. The number of aryl methyl sites for hydroxylation is 2. The Morgan fingerprint density at radius 2 is 1.74 bits per heavy atom. The van der Waals surface area contributed by atoms with Crippen LogP contribution in [0.15, 0.2) is 28.7 Å². The number of ketones is 1. The molecule has 2 aromatic rings. The molecule has 0 saturated carbocycles. The van der Waals surface area contributed by atoms with Crippen LogP contribution in [-0.2, 0) is 16.0 Å². The van der Waals surface area contributed by atoms with E-state index in [-0.39, 0.29) is 53.7 Å². The molecular weight excluding hydrogens is 396 g/mol. The third-order valence-corrected chi connectivity index (χ3v) is 5.22. The minimum absolute atomic E-state index is 0.0317. The van der Waals surface area contributed by atoms with Crippen LogP contribution in [0.2, 0.25) is 0 Å². The SMILES string of the molecule is CCOC(=O)c1c(NC(=O)C[NH2+][C@H](c2ccc(CC)cc2)C(C)C)oc(C)c1C(C)=O. The lowest BCUT2D eigenvalue weighted by Gasteiger charge is -2.19. The normalized spacial score (nSPS) is 12.0. The Bertz CT molecular complexity index is 928. The average Bonchev–Trinajstić information content (AvgIpc) is 3.04. The van der Waals surface area contributed by atoms with Crippen molar-refractivity contribution in [2.45, 2.75) is 54.0 Å². The topological polar surface area (TPSA) is 102 Å². The van der Waals surface area contributed by atoms with E-state index in [2.05, 4.69) is 50.4 Å². The van der Waals surface area contributed by atoms with Crippen LogP contribution in [0.4, 0.5) is 5.88 Å². The van der Waals surface area contributed by atoms with Crippen LogP contribution in [0.1, 0.15) is 78.3 Å². The summed E-state index contributed by atoms with van der Waals surface area (Å²) in [5.74, 6) is -0.818. The summed E-state index contributed by atoms with van der Waals surface area (Å²) in [5, 5.41) is 4.60. The van der Waals surface area contributed by atoms with Crippen molar-refractivity contribution >= 4 is 23.5 Å². The zero-order valence-electron chi connectivity index (χ0n) is 19.2. The van der Waals surface area contributed by atoms with E-state index >= 15 is 0 Å². The molecule has 168 valence electrons. The number of esters is 1. The van der Waals surface area contributed by atoms with E-state index in [0.29, 0.717) is 5.92 Å². The van der Waals surface area contributed by atoms with E-state index in [9.17, 15) is 14.4 Å². The number of nitrogens with two attached hydrogens (primary N) is 1. The number of benzene rings is 1. The molecule has 7 heteroatoms. The van der Waals surface area contributed by atoms with Crippen LogP contribution in [-0.4, -0.2) is 30.8 Å². The van der Waals surface area contributed by atoms with Crippen molar-refractivity contribution in [3.05, 3.63) is 52.3 Å². The number of Topliss-reactive ketones (excluding diaryl/α,β-unsaturated/α-hetero) is 1. The number of carbonyl (C=O) groups excluding carboxylic acids is 3. The standard InChI is InChI=1S/C24H32N2O5/c1-7-17-9-11-18(12-10-17)22(14(3)4)25-13-19(28)26-23-21(24(29)30-8-2)20(15(5)27)16(6)31-23/h9-12,14,22,25H,7-8,13H2,1-6H3,(H,26,28)/p+1/t22-/m0/s1. The lowest BCUT2D eigenvalue weighted by molar-refractivity contribution is -0.692. The highest BCUT2D eigenvalue weighted by atomic mass is 16.5. The molecule has 0 aliphatic carbocycles. The lowest BCUT2D eigenvalue weighted by Crippen LogP contribution is -2.88. The summed E-state index contributed by atoms with van der Waals surface area (Å²) in [7, 11) is 0. The maximum atomic E-state index is 12.7. The van der Waals surface area contributed by atoms with Crippen LogP contribution < -0.4 is 10.6 Å². The van der Waals surface area contributed by atoms with Gasteiger partial charge in [-0.1, -0.05) is 45.0 Å². The van der Waals surface area contributed by atoms with Gasteiger partial charge in [0.1, 0.15) is 17.4 Å². The molecule has 2 rings (SSSR count). The van der Waals surface area contributed by atoms with Gasteiger partial charge in [0.2, 0.25) is 5.88 Å². The number of quaternary nitrogens is 1. The van der Waals surface area contributed by atoms with Crippen LogP contribution >= 0.6 is 0 Å². The van der Waals surface area contributed by atoms with Crippen molar-refractivity contribution in [1.29, 1.82) is 0 Å². The van der Waals surface area contributed by atoms with Gasteiger partial charge in [0.25, 0.3) is 5.91 Å². The summed E-state index contributed by atoms with van der Waals surface area (Å²) in [6, 6.07) is 8.53. The lowest BCUT2D eigenvalue weighted by atomic mass is 9.95. The maximum absolute atomic E-state index is 12.7. The van der Waals surface area contributed by atoms with Gasteiger partial charge in [-0.3, -0.25) is 14.9 Å². The van der Waals surface area contributed by atoms with Crippen molar-refractivity contribution in [1.82, 2.24) is 0 Å². The first kappa shape index (κ1) is 24.3. The molecule has 31 heavy (non-hydrogen) atoms. The third-order valence-electron chi connectivity index (χ3n) is 5.22. The number of hydrogen-bond donors (Lipinski definition) is 2. The largest absolute Gasteiger partial charge is 0.462 e. The van der Waals surface area contributed by atoms with Crippen LogP contribution in [0, 0.1) is 12.8 Å². The first-order chi connectivity index (χ1) is 14.7. The fraction of sp³-hybridized carbons (Fsp3) is 0.458. The average molecular weight is 430 g/mol. The molecule has 1 heterocycles. The van der Waals surface area contributed by atoms with E-state index in [1.54, 1.807) is 13.8 Å². The summed E-state index contributed by atoms with van der Waals surface area (Å²) >= 11 is 0. The molecule has 1 atom stereocenters. The van der Waals surface area contributed by atoms with Gasteiger partial charge in [-0.05, 0) is 32.8 Å². The predicted molar refractivity (Wildman–Crippen MR) is 118 cm³/mol. The summed E-state index contributed by atoms with van der Waals surface area (Å²) in [4.78, 5) is 37.0.